The van der Waals surface area contributed by atoms with Gasteiger partial charge >= 0.3 is 7.12 Å². The second-order valence-electron chi connectivity index (χ2n) is 5.56. The van der Waals surface area contributed by atoms with E-state index in [0.29, 0.717) is 0 Å². The fourth-order valence-corrected chi connectivity index (χ4v) is 2.10. The molecule has 5 heteroatoms. The Kier molecular flexibility index (Phi) is 2.96. The highest BCUT2D eigenvalue weighted by Gasteiger charge is 2.61. The van der Waals surface area contributed by atoms with Gasteiger partial charge in [-0.3, -0.25) is 0 Å². The highest BCUT2D eigenvalue weighted by atomic mass is 35.5. The van der Waals surface area contributed by atoms with Gasteiger partial charge in [0.2, 0.25) is 0 Å². The van der Waals surface area contributed by atoms with E-state index in [-0.39, 0.29) is 0 Å². The molecule has 2 nitrogen and oxygen atoms in total. The summed E-state index contributed by atoms with van der Waals surface area (Å²) in [6.07, 6.45) is 6.37. The minimum Gasteiger partial charge on any atom is -0.401 e. The first-order valence-corrected chi connectivity index (χ1v) is 6.17. The number of allylic oxidation sites excluding steroid dienone is 4. The van der Waals surface area contributed by atoms with Gasteiger partial charge in [-0.15, -0.1) is 11.6 Å². The van der Waals surface area contributed by atoms with Crippen molar-refractivity contribution >= 4 is 18.7 Å². The zero-order chi connectivity index (χ0) is 12.9. The lowest BCUT2D eigenvalue weighted by Gasteiger charge is -2.32. The lowest BCUT2D eigenvalue weighted by Crippen LogP contribution is -2.50. The maximum atomic E-state index is 14.8. The summed E-state index contributed by atoms with van der Waals surface area (Å²) in [4.78, 5) is 0. The number of hydrogen-bond donors (Lipinski definition) is 0. The van der Waals surface area contributed by atoms with Crippen molar-refractivity contribution in [2.75, 3.05) is 0 Å². The van der Waals surface area contributed by atoms with Crippen LogP contribution in [0, 0.1) is 0 Å². The summed E-state index contributed by atoms with van der Waals surface area (Å²) in [5.41, 5.74) is -2.92. The Labute approximate surface area is 107 Å². The first-order chi connectivity index (χ1) is 7.69. The van der Waals surface area contributed by atoms with E-state index < -0.39 is 29.3 Å². The molecular formula is C12H17BClFO2. The van der Waals surface area contributed by atoms with E-state index in [1.165, 1.54) is 6.08 Å². The van der Waals surface area contributed by atoms with Gasteiger partial charge < -0.3 is 9.31 Å². The highest BCUT2D eigenvalue weighted by molar-refractivity contribution is 6.52. The van der Waals surface area contributed by atoms with E-state index in [2.05, 4.69) is 0 Å². The zero-order valence-corrected chi connectivity index (χ0v) is 11.3. The first kappa shape index (κ1) is 13.1. The lowest BCUT2D eigenvalue weighted by molar-refractivity contribution is 0.00578. The quantitative estimate of drug-likeness (QED) is 0.532. The van der Waals surface area contributed by atoms with E-state index in [1.54, 1.807) is 18.2 Å². The maximum absolute atomic E-state index is 14.8. The van der Waals surface area contributed by atoms with Crippen LogP contribution in [0.25, 0.3) is 0 Å². The van der Waals surface area contributed by atoms with Crippen molar-refractivity contribution < 1.29 is 13.7 Å². The van der Waals surface area contributed by atoms with Crippen LogP contribution in [0.5, 0.6) is 0 Å². The molecule has 0 aromatic rings. The van der Waals surface area contributed by atoms with Crippen molar-refractivity contribution in [3.05, 3.63) is 24.3 Å². The summed E-state index contributed by atoms with van der Waals surface area (Å²) >= 11 is 6.02. The Hall–Kier alpha value is -0.315. The van der Waals surface area contributed by atoms with Crippen LogP contribution in [0.2, 0.25) is 0 Å². The van der Waals surface area contributed by atoms with Crippen LogP contribution < -0.4 is 0 Å². The number of alkyl halides is 2. The fraction of sp³-hybridized carbons (Fsp3) is 0.667. The second-order valence-corrected chi connectivity index (χ2v) is 6.03. The third-order valence-corrected chi connectivity index (χ3v) is 4.26. The third-order valence-electron chi connectivity index (χ3n) is 3.78. The number of rotatable bonds is 1. The molecule has 0 amide bonds. The standard InChI is InChI=1S/C12H17BClFO2/c1-10(2)11(3,4)17-13(16-10)12(15)8-6-5-7-9(12)14/h5-9H,1-4H3. The molecule has 2 aliphatic rings. The molecule has 94 valence electrons. The summed E-state index contributed by atoms with van der Waals surface area (Å²) in [5.74, 6) is 0. The Balaban J connectivity index is 2.27. The van der Waals surface area contributed by atoms with Crippen molar-refractivity contribution in [1.82, 2.24) is 0 Å². The molecule has 0 radical (unpaired) electrons. The van der Waals surface area contributed by atoms with Gasteiger partial charge in [-0.2, -0.15) is 0 Å². The van der Waals surface area contributed by atoms with Gasteiger partial charge in [0.25, 0.3) is 0 Å². The molecule has 1 fully saturated rings. The van der Waals surface area contributed by atoms with Gasteiger partial charge in [0.15, 0.2) is 5.57 Å². The number of hydrogen-bond acceptors (Lipinski definition) is 2. The Morgan fingerprint density at radius 2 is 1.65 bits per heavy atom. The number of halogens is 2. The SMILES string of the molecule is CC1(C)OB(C2(F)C=CC=CC2Cl)OC1(C)C. The first-order valence-electron chi connectivity index (χ1n) is 5.74. The van der Waals surface area contributed by atoms with Crippen molar-refractivity contribution in [3.63, 3.8) is 0 Å². The van der Waals surface area contributed by atoms with Gasteiger partial charge in [-0.25, -0.2) is 4.39 Å². The van der Waals surface area contributed by atoms with Gasteiger partial charge in [-0.05, 0) is 33.8 Å². The van der Waals surface area contributed by atoms with Crippen LogP contribution in [0.1, 0.15) is 27.7 Å². The van der Waals surface area contributed by atoms with Gasteiger partial charge in [-0.1, -0.05) is 18.2 Å². The van der Waals surface area contributed by atoms with E-state index in [1.807, 2.05) is 27.7 Å². The Bertz CT molecular complexity index is 365. The molecule has 0 N–H and O–H groups in total. The summed E-state index contributed by atoms with van der Waals surface area (Å²) in [6, 6.07) is 0. The topological polar surface area (TPSA) is 18.5 Å². The van der Waals surface area contributed by atoms with E-state index in [0.717, 1.165) is 0 Å². The Morgan fingerprint density at radius 3 is 2.12 bits per heavy atom. The smallest absolute Gasteiger partial charge is 0.401 e. The summed E-state index contributed by atoms with van der Waals surface area (Å²) in [7, 11) is -0.976. The third kappa shape index (κ3) is 1.96. The molecule has 0 saturated carbocycles. The van der Waals surface area contributed by atoms with E-state index in [4.69, 9.17) is 20.9 Å². The predicted molar refractivity (Wildman–Crippen MR) is 67.8 cm³/mol. The second kappa shape index (κ2) is 3.84. The molecule has 2 unspecified atom stereocenters. The molecule has 2 atom stereocenters. The monoisotopic (exact) mass is 258 g/mol. The summed E-state index contributed by atoms with van der Waals surface area (Å²) in [6.45, 7) is 7.56. The molecule has 0 spiro atoms. The molecule has 0 bridgehead atoms. The van der Waals surface area contributed by atoms with Crippen molar-refractivity contribution in [1.29, 1.82) is 0 Å². The summed E-state index contributed by atoms with van der Waals surface area (Å²) in [5, 5.41) is -0.776. The van der Waals surface area contributed by atoms with E-state index >= 15 is 0 Å². The minimum absolute atomic E-state index is 0.553. The summed E-state index contributed by atoms with van der Waals surface area (Å²) < 4.78 is 26.3. The molecule has 17 heavy (non-hydrogen) atoms. The normalized spacial score (nSPS) is 38.7. The molecule has 2 rings (SSSR count). The maximum Gasteiger partial charge on any atom is 0.504 e. The van der Waals surface area contributed by atoms with E-state index in [9.17, 15) is 4.39 Å². The van der Waals surface area contributed by atoms with Crippen molar-refractivity contribution in [3.8, 4) is 0 Å². The molecule has 0 aromatic carbocycles. The van der Waals surface area contributed by atoms with Crippen molar-refractivity contribution in [2.24, 2.45) is 0 Å². The molecular weight excluding hydrogens is 241 g/mol. The van der Waals surface area contributed by atoms with Crippen LogP contribution >= 0.6 is 11.6 Å². The molecule has 1 heterocycles. The highest BCUT2D eigenvalue weighted by Crippen LogP contribution is 2.43. The van der Waals surface area contributed by atoms with Gasteiger partial charge in [0.05, 0.1) is 16.6 Å². The van der Waals surface area contributed by atoms with Gasteiger partial charge in [0.1, 0.15) is 0 Å². The average Bonchev–Trinajstić information content (AvgIpc) is 2.42. The largest absolute Gasteiger partial charge is 0.504 e. The van der Waals surface area contributed by atoms with Crippen LogP contribution in [0.15, 0.2) is 24.3 Å². The fourth-order valence-electron chi connectivity index (χ4n) is 1.84. The molecule has 1 aliphatic carbocycles. The van der Waals surface area contributed by atoms with Crippen LogP contribution in [-0.4, -0.2) is 29.3 Å². The minimum atomic E-state index is -1.82. The molecule has 0 aromatic heterocycles. The average molecular weight is 259 g/mol. The molecule has 1 saturated heterocycles. The van der Waals surface area contributed by atoms with Crippen LogP contribution in [0.3, 0.4) is 0 Å². The van der Waals surface area contributed by atoms with Crippen LogP contribution in [-0.2, 0) is 9.31 Å². The zero-order valence-electron chi connectivity index (χ0n) is 10.5. The molecule has 1 aliphatic heterocycles. The lowest BCUT2D eigenvalue weighted by atomic mass is 9.65. The Morgan fingerprint density at radius 1 is 1.12 bits per heavy atom. The van der Waals surface area contributed by atoms with Crippen LogP contribution in [0.4, 0.5) is 4.39 Å². The van der Waals surface area contributed by atoms with Crippen molar-refractivity contribution in [2.45, 2.75) is 49.8 Å². The van der Waals surface area contributed by atoms with Gasteiger partial charge in [0, 0.05) is 0 Å². The predicted octanol–water partition coefficient (Wildman–Crippen LogP) is 3.06.